The third-order valence-electron chi connectivity index (χ3n) is 16.9. The van der Waals surface area contributed by atoms with Gasteiger partial charge in [-0.2, -0.15) is 0 Å². The van der Waals surface area contributed by atoms with Crippen molar-refractivity contribution in [2.75, 3.05) is 0 Å². The van der Waals surface area contributed by atoms with Crippen molar-refractivity contribution in [2.24, 2.45) is 11.8 Å². The second kappa shape index (κ2) is 20.0. The van der Waals surface area contributed by atoms with Gasteiger partial charge in [-0.1, -0.05) is 117 Å². The van der Waals surface area contributed by atoms with Crippen LogP contribution in [0, 0.1) is 25.7 Å². The molecule has 350 valence electrons. The van der Waals surface area contributed by atoms with E-state index in [-0.39, 0.29) is 28.3 Å². The number of allylic oxidation sites excluding steroid dienone is 2. The van der Waals surface area contributed by atoms with Crippen LogP contribution in [0.2, 0.25) is 0 Å². The van der Waals surface area contributed by atoms with Crippen molar-refractivity contribution < 1.29 is 19.8 Å². The van der Waals surface area contributed by atoms with Gasteiger partial charge in [0.1, 0.15) is 5.60 Å². The second-order valence-corrected chi connectivity index (χ2v) is 20.4. The molecule has 6 atom stereocenters. The first kappa shape index (κ1) is 47.3. The Morgan fingerprint density at radius 1 is 0.632 bits per heavy atom. The quantitative estimate of drug-likeness (QED) is 0.133. The highest BCUT2D eigenvalue weighted by Crippen LogP contribution is 2.56. The minimum absolute atomic E-state index is 0.109. The zero-order chi connectivity index (χ0) is 47.5. The normalized spacial score (nSPS) is 25.1. The Hall–Kier alpha value is -5.82. The van der Waals surface area contributed by atoms with E-state index in [1.165, 1.54) is 46.2 Å². The molecule has 0 saturated heterocycles. The Morgan fingerprint density at radius 3 is 1.71 bits per heavy atom. The van der Waals surface area contributed by atoms with Crippen LogP contribution < -0.4 is 0 Å². The van der Waals surface area contributed by atoms with Crippen molar-refractivity contribution in [2.45, 2.75) is 140 Å². The fraction of sp³-hybridized carbons (Fsp3) is 0.387. The minimum Gasteiger partial charge on any atom is -0.390 e. The van der Waals surface area contributed by atoms with Gasteiger partial charge in [-0.05, 0) is 177 Å². The van der Waals surface area contributed by atoms with Crippen LogP contribution in [0.3, 0.4) is 0 Å². The van der Waals surface area contributed by atoms with Crippen molar-refractivity contribution in [1.82, 2.24) is 9.97 Å². The predicted octanol–water partition coefficient (Wildman–Crippen LogP) is 12.8. The lowest BCUT2D eigenvalue weighted by molar-refractivity contribution is -0.144. The summed E-state index contributed by atoms with van der Waals surface area (Å²) in [6.07, 6.45) is 17.8. The number of rotatable bonds is 10. The lowest BCUT2D eigenvalue weighted by atomic mass is 9.55. The molecule has 2 aromatic heterocycles. The highest BCUT2D eigenvalue weighted by molar-refractivity contribution is 5.98. The third kappa shape index (κ3) is 9.10. The number of fused-ring (bicyclic) bond motifs is 6. The largest absolute Gasteiger partial charge is 0.390 e. The number of aromatic nitrogens is 2. The summed E-state index contributed by atoms with van der Waals surface area (Å²) in [6.45, 7) is 8.47. The molecular weight excluding hydrogens is 837 g/mol. The first-order chi connectivity index (χ1) is 33.0. The van der Waals surface area contributed by atoms with Crippen LogP contribution in [-0.4, -0.2) is 37.9 Å². The van der Waals surface area contributed by atoms with E-state index in [2.05, 4.69) is 90.6 Å². The fourth-order valence-electron chi connectivity index (χ4n) is 12.9. The number of ketones is 2. The number of nitrogens with zero attached hydrogens (tertiary/aromatic N) is 2. The summed E-state index contributed by atoms with van der Waals surface area (Å²) >= 11 is 0. The van der Waals surface area contributed by atoms with Crippen LogP contribution in [0.25, 0.3) is 5.57 Å². The lowest BCUT2D eigenvalue weighted by Gasteiger charge is -2.52. The van der Waals surface area contributed by atoms with Crippen LogP contribution in [0.4, 0.5) is 0 Å². The molecule has 1 fully saturated rings. The molecule has 10 rings (SSSR count). The molecule has 4 aliphatic rings. The molecule has 0 bridgehead atoms. The van der Waals surface area contributed by atoms with Gasteiger partial charge < -0.3 is 10.2 Å². The minimum atomic E-state index is -1.23. The molecule has 0 spiro atoms. The van der Waals surface area contributed by atoms with E-state index in [9.17, 15) is 19.8 Å². The molecule has 4 aliphatic carbocycles. The van der Waals surface area contributed by atoms with Crippen molar-refractivity contribution in [1.29, 1.82) is 0 Å². The molecule has 0 amide bonds. The first-order valence-corrected chi connectivity index (χ1v) is 25.3. The van der Waals surface area contributed by atoms with Gasteiger partial charge in [-0.15, -0.1) is 0 Å². The van der Waals surface area contributed by atoms with E-state index in [0.717, 1.165) is 90.6 Å². The predicted molar refractivity (Wildman–Crippen MR) is 273 cm³/mol. The van der Waals surface area contributed by atoms with Crippen LogP contribution in [-0.2, 0) is 42.1 Å². The molecule has 6 aromatic rings. The van der Waals surface area contributed by atoms with Crippen LogP contribution in [0.5, 0.6) is 0 Å². The van der Waals surface area contributed by atoms with Crippen molar-refractivity contribution in [3.05, 3.63) is 207 Å². The molecule has 2 heterocycles. The number of pyridine rings is 2. The number of aliphatic hydroxyl groups is 2. The summed E-state index contributed by atoms with van der Waals surface area (Å²) in [5.41, 5.74) is 13.2. The maximum absolute atomic E-state index is 13.2. The van der Waals surface area contributed by atoms with Crippen LogP contribution >= 0.6 is 0 Å². The van der Waals surface area contributed by atoms with Gasteiger partial charge in [0.2, 0.25) is 0 Å². The SMILES string of the molecule is CC[C@@]12CC=C(c3ccccc3)C[C@@H]1CCCc1cc(C(=O)Cc3cccnc3C)ccc12.CC[C@@]12C[C@@H](O)[C@](O)(c3ccccc3)C[C@@H]1CCCc1cc(C(=O)Cc3cccnc3C)ccc12. The number of benzene rings is 4. The topological polar surface area (TPSA) is 100 Å². The fourth-order valence-corrected chi connectivity index (χ4v) is 12.9. The number of hydrogen-bond donors (Lipinski definition) is 2. The van der Waals surface area contributed by atoms with Crippen LogP contribution in [0.1, 0.15) is 155 Å². The molecule has 68 heavy (non-hydrogen) atoms. The maximum atomic E-state index is 13.2. The molecule has 6 heteroatoms. The van der Waals surface area contributed by atoms with Gasteiger partial charge in [-0.3, -0.25) is 19.6 Å². The Balaban J connectivity index is 0.000000170. The van der Waals surface area contributed by atoms with Gasteiger partial charge in [-0.25, -0.2) is 0 Å². The summed E-state index contributed by atoms with van der Waals surface area (Å²) in [5.74, 6) is 1.22. The molecule has 2 N–H and O–H groups in total. The Bertz CT molecular complexity index is 2800. The van der Waals surface area contributed by atoms with Gasteiger partial charge in [0.15, 0.2) is 11.6 Å². The van der Waals surface area contributed by atoms with Crippen molar-refractivity contribution in [3.8, 4) is 0 Å². The Labute approximate surface area is 404 Å². The van der Waals surface area contributed by atoms with Gasteiger partial charge in [0.25, 0.3) is 0 Å². The Kier molecular flexibility index (Phi) is 13.9. The number of carbonyl (C=O) groups excluding carboxylic acids is 2. The van der Waals surface area contributed by atoms with Crippen molar-refractivity contribution >= 4 is 17.1 Å². The van der Waals surface area contributed by atoms with E-state index >= 15 is 0 Å². The molecule has 0 radical (unpaired) electrons. The first-order valence-electron chi connectivity index (χ1n) is 25.3. The summed E-state index contributed by atoms with van der Waals surface area (Å²) in [4.78, 5) is 35.0. The van der Waals surface area contributed by atoms with E-state index in [4.69, 9.17) is 0 Å². The number of Topliss-reactive ketones (excluding diaryl/α,β-unsaturated/α-hetero) is 2. The average Bonchev–Trinajstić information content (AvgIpc) is 3.63. The molecule has 0 aliphatic heterocycles. The monoisotopic (exact) mass is 905 g/mol. The molecule has 4 aromatic carbocycles. The van der Waals surface area contributed by atoms with E-state index in [1.54, 1.807) is 12.4 Å². The van der Waals surface area contributed by atoms with Gasteiger partial charge in [0.05, 0.1) is 6.10 Å². The number of carbonyl (C=O) groups is 2. The summed E-state index contributed by atoms with van der Waals surface area (Å²) in [6, 6.07) is 41.1. The molecule has 0 unspecified atom stereocenters. The standard InChI is InChI=1S/C31H35NO3.C31H33NO/c1-3-30-20-29(34)31(35,25-11-5-4-6-12-25)19-26(30)13-7-9-23-17-24(14-15-27(23)30)28(33)18-22-10-8-16-32-21(22)2;1-3-31-17-16-25(23-9-5-4-6-10-23)20-28(31)13-7-11-26-19-27(14-15-29(26)31)30(33)21-24-12-8-18-32-22(24)2/h4-6,8,10-12,14-17,26,29,34-35H,3,7,9,13,18-20H2,1-2H3;4-6,8-10,12,14-16,18-19,28H,3,7,11,13,17,20-21H2,1-2H3/t26-,29+,30+,31+;28-,31+/m00/s1. The lowest BCUT2D eigenvalue weighted by Crippen LogP contribution is -2.54. The summed E-state index contributed by atoms with van der Waals surface area (Å²) in [7, 11) is 0. The number of aliphatic hydroxyl groups excluding tert-OH is 1. The zero-order valence-corrected chi connectivity index (χ0v) is 40.5. The van der Waals surface area contributed by atoms with Crippen molar-refractivity contribution in [3.63, 3.8) is 0 Å². The van der Waals surface area contributed by atoms with E-state index in [0.29, 0.717) is 31.6 Å². The van der Waals surface area contributed by atoms with Gasteiger partial charge in [0, 0.05) is 58.6 Å². The second-order valence-electron chi connectivity index (χ2n) is 20.4. The highest BCUT2D eigenvalue weighted by Gasteiger charge is 2.55. The smallest absolute Gasteiger partial charge is 0.167 e. The molecule has 6 nitrogen and oxygen atoms in total. The van der Waals surface area contributed by atoms with E-state index < -0.39 is 11.7 Å². The zero-order valence-electron chi connectivity index (χ0n) is 40.5. The number of hydrogen-bond acceptors (Lipinski definition) is 6. The average molecular weight is 905 g/mol. The van der Waals surface area contributed by atoms with Crippen LogP contribution in [0.15, 0.2) is 140 Å². The third-order valence-corrected chi connectivity index (χ3v) is 16.9. The highest BCUT2D eigenvalue weighted by atomic mass is 16.3. The summed E-state index contributed by atoms with van der Waals surface area (Å²) in [5, 5.41) is 23.0. The van der Waals surface area contributed by atoms with E-state index in [1.807, 2.05) is 74.5 Å². The molecule has 1 saturated carbocycles. The molecular formula is C62H68N2O4. The Morgan fingerprint density at radius 2 is 1.16 bits per heavy atom. The maximum Gasteiger partial charge on any atom is 0.167 e. The van der Waals surface area contributed by atoms with Gasteiger partial charge >= 0.3 is 0 Å². The number of aryl methyl sites for hydroxylation is 4. The summed E-state index contributed by atoms with van der Waals surface area (Å²) < 4.78 is 0.